The molecule has 3 aliphatic rings. The Kier molecular flexibility index (Phi) is 6.55. The number of aromatic nitrogens is 1. The Hall–Kier alpha value is -0.880. The van der Waals surface area contributed by atoms with Gasteiger partial charge in [-0.3, -0.25) is 14.7 Å². The quantitative estimate of drug-likeness (QED) is 0.817. The minimum atomic E-state index is 0.657. The first-order valence-electron chi connectivity index (χ1n) is 9.98. The van der Waals surface area contributed by atoms with Gasteiger partial charge in [-0.05, 0) is 39.8 Å². The molecule has 4 rings (SSSR count). The molecule has 5 heteroatoms. The van der Waals surface area contributed by atoms with Gasteiger partial charge in [0.2, 0.25) is 0 Å². The van der Waals surface area contributed by atoms with E-state index in [0.717, 1.165) is 32.8 Å². The highest BCUT2D eigenvalue weighted by Crippen LogP contribution is 2.16. The van der Waals surface area contributed by atoms with Crippen molar-refractivity contribution in [3.05, 3.63) is 24.0 Å². The lowest BCUT2D eigenvalue weighted by Gasteiger charge is -2.45. The van der Waals surface area contributed by atoms with Gasteiger partial charge in [0.05, 0.1) is 13.2 Å². The normalized spacial score (nSPS) is 25.4. The molecule has 2 saturated heterocycles. The molecule has 5 nitrogen and oxygen atoms in total. The van der Waals surface area contributed by atoms with Crippen molar-refractivity contribution in [2.45, 2.75) is 58.9 Å². The minimum Gasteiger partial charge on any atom is -0.378 e. The fourth-order valence-electron chi connectivity index (χ4n) is 4.01. The summed E-state index contributed by atoms with van der Waals surface area (Å²) in [6.07, 6.45) is 2.17. The number of fused-ring (bicyclic) bond motifs is 2. The fourth-order valence-corrected chi connectivity index (χ4v) is 4.01. The largest absolute Gasteiger partial charge is 0.378 e. The van der Waals surface area contributed by atoms with Crippen molar-refractivity contribution in [3.63, 3.8) is 0 Å². The molecule has 1 aromatic heterocycles. The van der Waals surface area contributed by atoms with E-state index in [9.17, 15) is 0 Å². The molecular weight excluding hydrogens is 312 g/mol. The molecular formula is C20H36N4O. The molecule has 0 radical (unpaired) electrons. The van der Waals surface area contributed by atoms with Crippen LogP contribution in [0, 0.1) is 0 Å². The third kappa shape index (κ3) is 4.85. The van der Waals surface area contributed by atoms with Crippen molar-refractivity contribution in [2.75, 3.05) is 45.9 Å². The van der Waals surface area contributed by atoms with Crippen LogP contribution in [0.25, 0.3) is 0 Å². The smallest absolute Gasteiger partial charge is 0.0634 e. The Morgan fingerprint density at radius 3 is 2.48 bits per heavy atom. The van der Waals surface area contributed by atoms with E-state index in [1.165, 1.54) is 31.9 Å². The van der Waals surface area contributed by atoms with Crippen molar-refractivity contribution in [2.24, 2.45) is 0 Å². The molecule has 0 N–H and O–H groups in total. The summed E-state index contributed by atoms with van der Waals surface area (Å²) in [7, 11) is 0. The van der Waals surface area contributed by atoms with Crippen LogP contribution in [-0.2, 0) is 17.8 Å². The predicted molar refractivity (Wildman–Crippen MR) is 103 cm³/mol. The summed E-state index contributed by atoms with van der Waals surface area (Å²) < 4.78 is 7.84. The van der Waals surface area contributed by atoms with Gasteiger partial charge in [0.25, 0.3) is 0 Å². The highest BCUT2D eigenvalue weighted by molar-refractivity contribution is 5.09. The van der Waals surface area contributed by atoms with Gasteiger partial charge in [0.15, 0.2) is 0 Å². The van der Waals surface area contributed by atoms with Crippen LogP contribution in [0.4, 0.5) is 0 Å². The molecule has 0 saturated carbocycles. The Bertz CT molecular complexity index is 528. The van der Waals surface area contributed by atoms with Gasteiger partial charge in [-0.1, -0.05) is 0 Å². The molecule has 0 amide bonds. The van der Waals surface area contributed by atoms with E-state index in [2.05, 4.69) is 65.3 Å². The molecule has 0 bridgehead atoms. The van der Waals surface area contributed by atoms with Crippen molar-refractivity contribution < 1.29 is 4.74 Å². The zero-order chi connectivity index (χ0) is 17.8. The van der Waals surface area contributed by atoms with Gasteiger partial charge in [-0.25, -0.2) is 0 Å². The maximum atomic E-state index is 5.50. The van der Waals surface area contributed by atoms with Crippen molar-refractivity contribution in [3.8, 4) is 0 Å². The highest BCUT2D eigenvalue weighted by Gasteiger charge is 2.30. The number of rotatable bonds is 2. The maximum absolute atomic E-state index is 5.50. The monoisotopic (exact) mass is 348 g/mol. The first-order valence-corrected chi connectivity index (χ1v) is 9.98. The van der Waals surface area contributed by atoms with Gasteiger partial charge in [0.1, 0.15) is 0 Å². The Morgan fingerprint density at radius 1 is 0.960 bits per heavy atom. The lowest BCUT2D eigenvalue weighted by molar-refractivity contribution is -0.0501. The minimum absolute atomic E-state index is 0.657. The van der Waals surface area contributed by atoms with Crippen LogP contribution < -0.4 is 0 Å². The van der Waals surface area contributed by atoms with Crippen LogP contribution in [-0.4, -0.2) is 83.3 Å². The van der Waals surface area contributed by atoms with Crippen LogP contribution in [0.2, 0.25) is 0 Å². The third-order valence-corrected chi connectivity index (χ3v) is 5.85. The second-order valence-corrected chi connectivity index (χ2v) is 8.11. The summed E-state index contributed by atoms with van der Waals surface area (Å²) in [6, 6.07) is 6.37. The summed E-state index contributed by atoms with van der Waals surface area (Å²) in [4.78, 5) is 7.63. The molecule has 0 spiro atoms. The van der Waals surface area contributed by atoms with Gasteiger partial charge in [0, 0.05) is 75.8 Å². The summed E-state index contributed by atoms with van der Waals surface area (Å²) in [5.74, 6) is 0. The first-order chi connectivity index (χ1) is 12.0. The van der Waals surface area contributed by atoms with Gasteiger partial charge in [-0.2, -0.15) is 0 Å². The van der Waals surface area contributed by atoms with Crippen LogP contribution in [0.5, 0.6) is 0 Å². The maximum Gasteiger partial charge on any atom is 0.0634 e. The number of ether oxygens (including phenoxy) is 1. The van der Waals surface area contributed by atoms with Gasteiger partial charge in [-0.15, -0.1) is 0 Å². The SMILES string of the molecule is CC(C)N1CCN2CCOCC2C1.CC(C)N1CCn2cccc2C1. The van der Waals surface area contributed by atoms with E-state index < -0.39 is 0 Å². The van der Waals surface area contributed by atoms with E-state index in [1.807, 2.05) is 0 Å². The first kappa shape index (κ1) is 18.9. The summed E-state index contributed by atoms with van der Waals surface area (Å²) in [6.45, 7) is 19.2. The molecule has 0 aromatic carbocycles. The molecule has 2 fully saturated rings. The molecule has 4 heterocycles. The fraction of sp³-hybridized carbons (Fsp3) is 0.800. The number of piperazine rings is 1. The Morgan fingerprint density at radius 2 is 1.72 bits per heavy atom. The van der Waals surface area contributed by atoms with Crippen LogP contribution >= 0.6 is 0 Å². The number of morpholine rings is 1. The number of hydrogen-bond acceptors (Lipinski definition) is 4. The Labute approximate surface area is 153 Å². The average molecular weight is 349 g/mol. The second-order valence-electron chi connectivity index (χ2n) is 8.11. The molecule has 3 aliphatic heterocycles. The van der Waals surface area contributed by atoms with E-state index in [-0.39, 0.29) is 0 Å². The molecule has 1 atom stereocenters. The zero-order valence-electron chi connectivity index (χ0n) is 16.5. The van der Waals surface area contributed by atoms with Crippen LogP contribution in [0.3, 0.4) is 0 Å². The van der Waals surface area contributed by atoms with Crippen LogP contribution in [0.1, 0.15) is 33.4 Å². The highest BCUT2D eigenvalue weighted by atomic mass is 16.5. The van der Waals surface area contributed by atoms with Gasteiger partial charge >= 0.3 is 0 Å². The molecule has 25 heavy (non-hydrogen) atoms. The van der Waals surface area contributed by atoms with Crippen LogP contribution in [0.15, 0.2) is 18.3 Å². The van der Waals surface area contributed by atoms with Crippen molar-refractivity contribution in [1.29, 1.82) is 0 Å². The number of nitrogens with zero attached hydrogens (tertiary/aromatic N) is 4. The molecule has 142 valence electrons. The predicted octanol–water partition coefficient (Wildman–Crippen LogP) is 2.12. The summed E-state index contributed by atoms with van der Waals surface area (Å²) in [5, 5.41) is 0. The zero-order valence-corrected chi connectivity index (χ0v) is 16.5. The van der Waals surface area contributed by atoms with E-state index in [0.29, 0.717) is 18.1 Å². The summed E-state index contributed by atoms with van der Waals surface area (Å²) in [5.41, 5.74) is 1.45. The number of hydrogen-bond donors (Lipinski definition) is 0. The lowest BCUT2D eigenvalue weighted by Crippen LogP contribution is -2.59. The molecule has 0 aliphatic carbocycles. The van der Waals surface area contributed by atoms with Crippen molar-refractivity contribution >= 4 is 0 Å². The standard InChI is InChI=1S/C10H20N2O.C10H16N2/c1-9(2)12-4-3-11-5-6-13-8-10(11)7-12;1-9(2)12-7-6-11-5-3-4-10(11)8-12/h9-10H,3-8H2,1-2H3;3-5,9H,6-8H2,1-2H3. The van der Waals surface area contributed by atoms with E-state index in [4.69, 9.17) is 4.74 Å². The van der Waals surface area contributed by atoms with Gasteiger partial charge < -0.3 is 9.30 Å². The van der Waals surface area contributed by atoms with E-state index in [1.54, 1.807) is 0 Å². The van der Waals surface area contributed by atoms with Crippen molar-refractivity contribution in [1.82, 2.24) is 19.3 Å². The second kappa shape index (κ2) is 8.67. The third-order valence-electron chi connectivity index (χ3n) is 5.85. The topological polar surface area (TPSA) is 23.9 Å². The Balaban J connectivity index is 0.000000146. The molecule has 1 aromatic rings. The molecule has 1 unspecified atom stereocenters. The average Bonchev–Trinajstić information content (AvgIpc) is 3.09. The van der Waals surface area contributed by atoms with E-state index >= 15 is 0 Å². The lowest BCUT2D eigenvalue weighted by atomic mass is 10.1. The summed E-state index contributed by atoms with van der Waals surface area (Å²) >= 11 is 0.